The molecule has 0 N–H and O–H groups in total. The van der Waals surface area contributed by atoms with Gasteiger partial charge in [-0.1, -0.05) is 18.2 Å². The summed E-state index contributed by atoms with van der Waals surface area (Å²) in [5.74, 6) is 0.174. The molecule has 0 unspecified atom stereocenters. The van der Waals surface area contributed by atoms with Crippen molar-refractivity contribution in [2.75, 3.05) is 26.3 Å². The number of aromatic nitrogens is 1. The molecule has 0 aliphatic carbocycles. The van der Waals surface area contributed by atoms with Crippen molar-refractivity contribution in [2.24, 2.45) is 5.41 Å². The molecule has 7 heteroatoms. The highest BCUT2D eigenvalue weighted by Gasteiger charge is 2.44. The molecule has 1 aliphatic heterocycles. The molecule has 1 aromatic heterocycles. The monoisotopic (exact) mass is 398 g/mol. The summed E-state index contributed by atoms with van der Waals surface area (Å²) in [7, 11) is 0. The number of hydrogen-bond acceptors (Lipinski definition) is 5. The van der Waals surface area contributed by atoms with Crippen LogP contribution in [0.1, 0.15) is 36.5 Å². The highest BCUT2D eigenvalue weighted by atomic mass is 16.5. The van der Waals surface area contributed by atoms with Crippen LogP contribution in [-0.2, 0) is 9.53 Å². The molecule has 1 amide bonds. The van der Waals surface area contributed by atoms with E-state index >= 15 is 0 Å². The Morgan fingerprint density at radius 3 is 2.72 bits per heavy atom. The number of rotatable bonds is 7. The van der Waals surface area contributed by atoms with E-state index < -0.39 is 5.41 Å². The Hall–Kier alpha value is -3.09. The number of carbonyl (C=O) groups excluding carboxylic acids is 2. The van der Waals surface area contributed by atoms with Gasteiger partial charge in [0.2, 0.25) is 0 Å². The number of esters is 1. The van der Waals surface area contributed by atoms with Crippen LogP contribution in [0.4, 0.5) is 0 Å². The summed E-state index contributed by atoms with van der Waals surface area (Å²) < 4.78 is 11.8. The number of amides is 1. The largest absolute Gasteiger partial charge is 0.619 e. The van der Waals surface area contributed by atoms with Crippen molar-refractivity contribution in [1.29, 1.82) is 0 Å². The van der Waals surface area contributed by atoms with Gasteiger partial charge in [0, 0.05) is 19.2 Å². The number of piperidine rings is 1. The van der Waals surface area contributed by atoms with E-state index in [0.717, 1.165) is 5.75 Å². The van der Waals surface area contributed by atoms with Gasteiger partial charge in [-0.05, 0) is 44.4 Å². The predicted molar refractivity (Wildman–Crippen MR) is 106 cm³/mol. The number of pyridine rings is 1. The molecular weight excluding hydrogens is 372 g/mol. The third-order valence-electron chi connectivity index (χ3n) is 5.19. The molecule has 0 bridgehead atoms. The molecule has 1 aliphatic rings. The van der Waals surface area contributed by atoms with Crippen molar-refractivity contribution in [2.45, 2.75) is 26.2 Å². The van der Waals surface area contributed by atoms with E-state index in [0.29, 0.717) is 42.7 Å². The normalized spacial score (nSPS) is 18.9. The number of carbonyl (C=O) groups is 2. The van der Waals surface area contributed by atoms with Crippen molar-refractivity contribution >= 4 is 11.9 Å². The summed E-state index contributed by atoms with van der Waals surface area (Å²) >= 11 is 0. The van der Waals surface area contributed by atoms with Crippen LogP contribution in [0.2, 0.25) is 0 Å². The van der Waals surface area contributed by atoms with E-state index in [1.807, 2.05) is 30.3 Å². The van der Waals surface area contributed by atoms with Crippen molar-refractivity contribution < 1.29 is 23.8 Å². The maximum Gasteiger partial charge on any atom is 0.314 e. The zero-order valence-corrected chi connectivity index (χ0v) is 16.6. The van der Waals surface area contributed by atoms with E-state index in [-0.39, 0.29) is 25.0 Å². The van der Waals surface area contributed by atoms with Gasteiger partial charge in [0.05, 0.1) is 18.6 Å². The van der Waals surface area contributed by atoms with Gasteiger partial charge in [-0.3, -0.25) is 9.59 Å². The second-order valence-electron chi connectivity index (χ2n) is 7.20. The average Bonchev–Trinajstić information content (AvgIpc) is 2.74. The van der Waals surface area contributed by atoms with Gasteiger partial charge in [0.25, 0.3) is 5.91 Å². The van der Waals surface area contributed by atoms with E-state index in [2.05, 4.69) is 0 Å². The minimum atomic E-state index is -0.819. The smallest absolute Gasteiger partial charge is 0.314 e. The average molecular weight is 398 g/mol. The third-order valence-corrected chi connectivity index (χ3v) is 5.19. The number of likely N-dealkylation sites (tertiary alicyclic amines) is 1. The first-order valence-corrected chi connectivity index (χ1v) is 9.87. The number of nitrogens with zero attached hydrogens (tertiary/aromatic N) is 2. The molecule has 1 saturated heterocycles. The Balaban J connectivity index is 1.74. The van der Waals surface area contributed by atoms with Gasteiger partial charge in [0.1, 0.15) is 11.3 Å². The van der Waals surface area contributed by atoms with Crippen molar-refractivity contribution in [1.82, 2.24) is 4.90 Å². The Morgan fingerprint density at radius 1 is 1.21 bits per heavy atom. The van der Waals surface area contributed by atoms with Gasteiger partial charge in [-0.25, -0.2) is 0 Å². The van der Waals surface area contributed by atoms with Crippen LogP contribution in [0.3, 0.4) is 0 Å². The lowest BCUT2D eigenvalue weighted by Crippen LogP contribution is -2.51. The first-order chi connectivity index (χ1) is 14.0. The van der Waals surface area contributed by atoms with Gasteiger partial charge < -0.3 is 19.6 Å². The van der Waals surface area contributed by atoms with Crippen LogP contribution in [0.15, 0.2) is 54.9 Å². The zero-order chi connectivity index (χ0) is 20.7. The maximum atomic E-state index is 12.9. The summed E-state index contributed by atoms with van der Waals surface area (Å²) in [6, 6.07) is 12.6. The Morgan fingerprint density at radius 2 is 2.00 bits per heavy atom. The molecule has 0 saturated carbocycles. The van der Waals surface area contributed by atoms with Crippen molar-refractivity contribution in [3.05, 3.63) is 65.6 Å². The number of benzene rings is 1. The topological polar surface area (TPSA) is 82.8 Å². The SMILES string of the molecule is CCOC(=O)[C@]1(CCOc2ccccc2)CCCN(C(=O)c2ccc[n+]([O-])c2)C1. The fourth-order valence-electron chi connectivity index (χ4n) is 3.71. The van der Waals surface area contributed by atoms with Crippen LogP contribution in [-0.4, -0.2) is 43.1 Å². The molecule has 7 nitrogen and oxygen atoms in total. The van der Waals surface area contributed by atoms with Crippen LogP contribution < -0.4 is 9.47 Å². The van der Waals surface area contributed by atoms with Gasteiger partial charge in [-0.2, -0.15) is 4.73 Å². The zero-order valence-electron chi connectivity index (χ0n) is 16.6. The molecule has 3 rings (SSSR count). The molecule has 1 atom stereocenters. The molecule has 2 aromatic rings. The third kappa shape index (κ3) is 5.04. The van der Waals surface area contributed by atoms with E-state index in [9.17, 15) is 14.8 Å². The molecule has 29 heavy (non-hydrogen) atoms. The highest BCUT2D eigenvalue weighted by molar-refractivity contribution is 5.94. The van der Waals surface area contributed by atoms with Crippen molar-refractivity contribution in [3.63, 3.8) is 0 Å². The van der Waals surface area contributed by atoms with E-state index in [1.165, 1.54) is 18.5 Å². The van der Waals surface area contributed by atoms with Gasteiger partial charge in [-0.15, -0.1) is 0 Å². The molecule has 0 spiro atoms. The van der Waals surface area contributed by atoms with Crippen LogP contribution in [0, 0.1) is 10.6 Å². The minimum Gasteiger partial charge on any atom is -0.619 e. The van der Waals surface area contributed by atoms with E-state index in [1.54, 1.807) is 17.9 Å². The summed E-state index contributed by atoms with van der Waals surface area (Å²) in [6.45, 7) is 3.18. The fraction of sp³-hybridized carbons (Fsp3) is 0.409. The lowest BCUT2D eigenvalue weighted by atomic mass is 9.77. The molecule has 1 fully saturated rings. The fourth-order valence-corrected chi connectivity index (χ4v) is 3.71. The van der Waals surface area contributed by atoms with Crippen LogP contribution in [0.25, 0.3) is 0 Å². The molecule has 2 heterocycles. The lowest BCUT2D eigenvalue weighted by Gasteiger charge is -2.40. The predicted octanol–water partition coefficient (Wildman–Crippen LogP) is 2.57. The van der Waals surface area contributed by atoms with Crippen molar-refractivity contribution in [3.8, 4) is 5.75 Å². The second-order valence-corrected chi connectivity index (χ2v) is 7.20. The summed E-state index contributed by atoms with van der Waals surface area (Å²) in [6.07, 6.45) is 4.34. The number of ether oxygens (including phenoxy) is 2. The van der Waals surface area contributed by atoms with Crippen LogP contribution >= 0.6 is 0 Å². The Kier molecular flexibility index (Phi) is 6.69. The summed E-state index contributed by atoms with van der Waals surface area (Å²) in [5.41, 5.74) is -0.510. The number of hydrogen-bond donors (Lipinski definition) is 0. The standard InChI is InChI=1S/C22H26N2O5/c1-2-28-21(26)22(12-15-29-19-9-4-3-5-10-19)11-7-13-23(17-22)20(25)18-8-6-14-24(27)16-18/h3-6,8-10,14,16H,2,7,11-13,15,17H2,1H3/t22-/m0/s1. The van der Waals surface area contributed by atoms with E-state index in [4.69, 9.17) is 9.47 Å². The molecule has 1 aromatic carbocycles. The lowest BCUT2D eigenvalue weighted by molar-refractivity contribution is -0.605. The van der Waals surface area contributed by atoms with Gasteiger partial charge in [0.15, 0.2) is 12.4 Å². The summed E-state index contributed by atoms with van der Waals surface area (Å²) in [4.78, 5) is 27.4. The Bertz CT molecular complexity index is 842. The first kappa shape index (κ1) is 20.6. The van der Waals surface area contributed by atoms with Crippen LogP contribution in [0.5, 0.6) is 5.75 Å². The second kappa shape index (κ2) is 9.41. The number of para-hydroxylation sites is 1. The maximum absolute atomic E-state index is 12.9. The van der Waals surface area contributed by atoms with Gasteiger partial charge >= 0.3 is 5.97 Å². The highest BCUT2D eigenvalue weighted by Crippen LogP contribution is 2.36. The first-order valence-electron chi connectivity index (χ1n) is 9.87. The molecular formula is C22H26N2O5. The quantitative estimate of drug-likeness (QED) is 0.407. The summed E-state index contributed by atoms with van der Waals surface area (Å²) in [5, 5.41) is 11.5. The minimum absolute atomic E-state index is 0.247. The molecule has 0 radical (unpaired) electrons. The molecule has 154 valence electrons. The Labute approximate surface area is 170 Å².